The van der Waals surface area contributed by atoms with E-state index in [0.717, 1.165) is 11.6 Å². The number of carbonyl (C=O) groups is 1. The molecular weight excluding hydrogens is 395 g/mol. The normalized spacial score (nSPS) is 20.6. The molecule has 1 heterocycles. The molecule has 4 N–H and O–H groups in total. The molecule has 0 bridgehead atoms. The lowest BCUT2D eigenvalue weighted by atomic mass is 9.86. The van der Waals surface area contributed by atoms with Crippen LogP contribution in [-0.2, 0) is 0 Å². The highest BCUT2D eigenvalue weighted by Gasteiger charge is 2.48. The van der Waals surface area contributed by atoms with Crippen LogP contribution in [0.25, 0.3) is 0 Å². The maximum atomic E-state index is 14.9. The molecule has 9 heteroatoms. The number of amides is 1. The van der Waals surface area contributed by atoms with Crippen molar-refractivity contribution in [3.05, 3.63) is 47.3 Å². The predicted octanol–water partition coefficient (Wildman–Crippen LogP) is 3.58. The van der Waals surface area contributed by atoms with Crippen LogP contribution in [0.1, 0.15) is 35.2 Å². The standard InChI is InChI=1S/C21H26F3N5O/c1-12-6-8-13(9-7-12)27-19-14(18(25)30)11-15(22)20(28-19)29(3)16-5-4-10-21(23,24)17(16)26-2/h6-9,11,16-17,26H,4-5,10H2,1-3H3,(H2,25,30)(H,27,28). The molecule has 0 radical (unpaired) electrons. The number of likely N-dealkylation sites (N-methyl/N-ethyl adjacent to an activating group) is 2. The average molecular weight is 421 g/mol. The van der Waals surface area contributed by atoms with Crippen LogP contribution in [0.4, 0.5) is 30.5 Å². The van der Waals surface area contributed by atoms with Crippen LogP contribution in [0.2, 0.25) is 0 Å². The van der Waals surface area contributed by atoms with E-state index in [1.165, 1.54) is 19.0 Å². The number of nitrogens with zero attached hydrogens (tertiary/aromatic N) is 2. The summed E-state index contributed by atoms with van der Waals surface area (Å²) in [7, 11) is 3.00. The zero-order valence-corrected chi connectivity index (χ0v) is 17.2. The molecule has 2 aromatic rings. The van der Waals surface area contributed by atoms with Crippen molar-refractivity contribution in [2.75, 3.05) is 24.3 Å². The fourth-order valence-electron chi connectivity index (χ4n) is 3.91. The number of carbonyl (C=O) groups excluding carboxylic acids is 1. The minimum absolute atomic E-state index is 0.0678. The molecule has 1 aliphatic rings. The van der Waals surface area contributed by atoms with E-state index in [1.54, 1.807) is 12.1 Å². The van der Waals surface area contributed by atoms with Gasteiger partial charge in [0, 0.05) is 19.2 Å². The van der Waals surface area contributed by atoms with Crippen molar-refractivity contribution >= 4 is 23.2 Å². The molecule has 30 heavy (non-hydrogen) atoms. The highest BCUT2D eigenvalue weighted by atomic mass is 19.3. The Morgan fingerprint density at radius 1 is 1.30 bits per heavy atom. The quantitative estimate of drug-likeness (QED) is 0.664. The van der Waals surface area contributed by atoms with Gasteiger partial charge in [0.1, 0.15) is 5.82 Å². The second-order valence-corrected chi connectivity index (χ2v) is 7.64. The summed E-state index contributed by atoms with van der Waals surface area (Å²) < 4.78 is 43.6. The van der Waals surface area contributed by atoms with Gasteiger partial charge < -0.3 is 21.3 Å². The SMILES string of the molecule is CNC1C(N(C)c2nc(Nc3ccc(C)cc3)c(C(N)=O)cc2F)CCCC1(F)F. The van der Waals surface area contributed by atoms with Gasteiger partial charge in [0.05, 0.1) is 17.6 Å². The summed E-state index contributed by atoms with van der Waals surface area (Å²) in [4.78, 5) is 17.5. The Labute approximate surface area is 173 Å². The molecule has 1 saturated carbocycles. The van der Waals surface area contributed by atoms with Gasteiger partial charge in [-0.05, 0) is 45.0 Å². The number of aryl methyl sites for hydroxylation is 1. The summed E-state index contributed by atoms with van der Waals surface area (Å²) in [6, 6.07) is 6.47. The zero-order chi connectivity index (χ0) is 22.1. The highest BCUT2D eigenvalue weighted by molar-refractivity contribution is 5.98. The Bertz CT molecular complexity index is 920. The van der Waals surface area contributed by atoms with Crippen molar-refractivity contribution in [1.82, 2.24) is 10.3 Å². The van der Waals surface area contributed by atoms with Gasteiger partial charge in [-0.2, -0.15) is 0 Å². The first kappa shape index (κ1) is 21.9. The Morgan fingerprint density at radius 2 is 1.97 bits per heavy atom. The molecule has 1 aromatic heterocycles. The highest BCUT2D eigenvalue weighted by Crippen LogP contribution is 2.37. The molecule has 1 aromatic carbocycles. The maximum Gasteiger partial charge on any atom is 0.265 e. The predicted molar refractivity (Wildman–Crippen MR) is 111 cm³/mol. The van der Waals surface area contributed by atoms with E-state index in [1.807, 2.05) is 19.1 Å². The fourth-order valence-corrected chi connectivity index (χ4v) is 3.91. The lowest BCUT2D eigenvalue weighted by Crippen LogP contribution is -2.59. The largest absolute Gasteiger partial charge is 0.365 e. The van der Waals surface area contributed by atoms with Crippen LogP contribution < -0.4 is 21.3 Å². The summed E-state index contributed by atoms with van der Waals surface area (Å²) in [6.07, 6.45) is 0.548. The summed E-state index contributed by atoms with van der Waals surface area (Å²) in [5.74, 6) is -4.62. The lowest BCUT2D eigenvalue weighted by molar-refractivity contribution is -0.0685. The van der Waals surface area contributed by atoms with E-state index < -0.39 is 29.7 Å². The number of hydrogen-bond donors (Lipinski definition) is 3. The van der Waals surface area contributed by atoms with Crippen molar-refractivity contribution in [1.29, 1.82) is 0 Å². The van der Waals surface area contributed by atoms with Crippen LogP contribution >= 0.6 is 0 Å². The molecule has 1 fully saturated rings. The van der Waals surface area contributed by atoms with E-state index >= 15 is 0 Å². The van der Waals surface area contributed by atoms with Gasteiger partial charge in [0.2, 0.25) is 0 Å². The third-order valence-electron chi connectivity index (χ3n) is 5.53. The molecule has 6 nitrogen and oxygen atoms in total. The minimum Gasteiger partial charge on any atom is -0.365 e. The average Bonchev–Trinajstić information content (AvgIpc) is 2.69. The number of hydrogen-bond acceptors (Lipinski definition) is 5. The van der Waals surface area contributed by atoms with Gasteiger partial charge in [-0.1, -0.05) is 17.7 Å². The van der Waals surface area contributed by atoms with E-state index in [9.17, 15) is 18.0 Å². The van der Waals surface area contributed by atoms with Gasteiger partial charge in [0.15, 0.2) is 11.6 Å². The first-order valence-corrected chi connectivity index (χ1v) is 9.76. The van der Waals surface area contributed by atoms with Crippen molar-refractivity contribution < 1.29 is 18.0 Å². The molecule has 2 unspecified atom stereocenters. The summed E-state index contributed by atoms with van der Waals surface area (Å²) >= 11 is 0. The van der Waals surface area contributed by atoms with Gasteiger partial charge >= 0.3 is 0 Å². The summed E-state index contributed by atoms with van der Waals surface area (Å²) in [5, 5.41) is 5.65. The smallest absolute Gasteiger partial charge is 0.265 e. The third-order valence-corrected chi connectivity index (χ3v) is 5.53. The number of primary amides is 1. The van der Waals surface area contributed by atoms with Crippen LogP contribution in [0, 0.1) is 12.7 Å². The third kappa shape index (κ3) is 4.35. The number of nitrogens with one attached hydrogen (secondary N) is 2. The molecule has 1 aliphatic carbocycles. The second kappa shape index (κ2) is 8.51. The van der Waals surface area contributed by atoms with Gasteiger partial charge in [0.25, 0.3) is 11.8 Å². The molecule has 162 valence electrons. The van der Waals surface area contributed by atoms with Crippen molar-refractivity contribution in [3.8, 4) is 0 Å². The van der Waals surface area contributed by atoms with E-state index in [-0.39, 0.29) is 23.6 Å². The molecular formula is C21H26F3N5O. The molecule has 0 aliphatic heterocycles. The number of halogens is 3. The molecule has 2 atom stereocenters. The van der Waals surface area contributed by atoms with Gasteiger partial charge in [-0.25, -0.2) is 18.2 Å². The van der Waals surface area contributed by atoms with Crippen molar-refractivity contribution in [2.24, 2.45) is 5.73 Å². The fraction of sp³-hybridized carbons (Fsp3) is 0.429. The first-order valence-electron chi connectivity index (χ1n) is 9.76. The Balaban J connectivity index is 1.99. The molecule has 3 rings (SSSR count). The first-order chi connectivity index (χ1) is 14.1. The number of nitrogens with two attached hydrogens (primary N) is 1. The lowest BCUT2D eigenvalue weighted by Gasteiger charge is -2.42. The van der Waals surface area contributed by atoms with E-state index in [0.29, 0.717) is 18.5 Å². The topological polar surface area (TPSA) is 83.3 Å². The van der Waals surface area contributed by atoms with Gasteiger partial charge in [-0.15, -0.1) is 0 Å². The number of aromatic nitrogens is 1. The Kier molecular flexibility index (Phi) is 6.21. The number of benzene rings is 1. The van der Waals surface area contributed by atoms with Crippen LogP contribution in [-0.4, -0.2) is 43.0 Å². The second-order valence-electron chi connectivity index (χ2n) is 7.64. The van der Waals surface area contributed by atoms with Crippen molar-refractivity contribution in [3.63, 3.8) is 0 Å². The Hall–Kier alpha value is -2.81. The molecule has 1 amide bonds. The number of alkyl halides is 2. The van der Waals surface area contributed by atoms with Crippen LogP contribution in [0.5, 0.6) is 0 Å². The summed E-state index contributed by atoms with van der Waals surface area (Å²) in [5.41, 5.74) is 6.95. The molecule has 0 saturated heterocycles. The molecule has 0 spiro atoms. The number of rotatable bonds is 6. The number of pyridine rings is 1. The maximum absolute atomic E-state index is 14.9. The Morgan fingerprint density at radius 3 is 2.57 bits per heavy atom. The van der Waals surface area contributed by atoms with Crippen LogP contribution in [0.15, 0.2) is 30.3 Å². The van der Waals surface area contributed by atoms with Crippen molar-refractivity contribution in [2.45, 2.75) is 44.2 Å². The monoisotopic (exact) mass is 421 g/mol. The minimum atomic E-state index is -2.92. The summed E-state index contributed by atoms with van der Waals surface area (Å²) in [6.45, 7) is 1.93. The van der Waals surface area contributed by atoms with E-state index in [2.05, 4.69) is 15.6 Å². The van der Waals surface area contributed by atoms with E-state index in [4.69, 9.17) is 5.73 Å². The number of anilines is 3. The van der Waals surface area contributed by atoms with Crippen LogP contribution in [0.3, 0.4) is 0 Å². The van der Waals surface area contributed by atoms with Gasteiger partial charge in [-0.3, -0.25) is 4.79 Å². The zero-order valence-electron chi connectivity index (χ0n) is 17.2.